The van der Waals surface area contributed by atoms with Crippen molar-refractivity contribution >= 4 is 0 Å². The number of rotatable bonds is 6. The lowest BCUT2D eigenvalue weighted by molar-refractivity contribution is -0.0233. The lowest BCUT2D eigenvalue weighted by Crippen LogP contribution is -2.36. The second-order valence-electron chi connectivity index (χ2n) is 6.44. The van der Waals surface area contributed by atoms with Gasteiger partial charge < -0.3 is 15.2 Å². The van der Waals surface area contributed by atoms with Gasteiger partial charge in [-0.15, -0.1) is 0 Å². The largest absolute Gasteiger partial charge is 0.389 e. The van der Waals surface area contributed by atoms with Gasteiger partial charge in [-0.25, -0.2) is 0 Å². The van der Waals surface area contributed by atoms with Gasteiger partial charge in [0.1, 0.15) is 0 Å². The summed E-state index contributed by atoms with van der Waals surface area (Å²) < 4.78 is 5.74. The van der Waals surface area contributed by atoms with E-state index in [9.17, 15) is 5.11 Å². The summed E-state index contributed by atoms with van der Waals surface area (Å²) in [5.41, 5.74) is 0.268. The van der Waals surface area contributed by atoms with E-state index < -0.39 is 0 Å². The molecule has 17 heavy (non-hydrogen) atoms. The van der Waals surface area contributed by atoms with Gasteiger partial charge in [-0.05, 0) is 18.3 Å². The van der Waals surface area contributed by atoms with Crippen LogP contribution in [0.5, 0.6) is 0 Å². The zero-order valence-electron chi connectivity index (χ0n) is 11.7. The summed E-state index contributed by atoms with van der Waals surface area (Å²) in [5.74, 6) is 0. The van der Waals surface area contributed by atoms with Crippen LogP contribution in [0.25, 0.3) is 0 Å². The van der Waals surface area contributed by atoms with Crippen molar-refractivity contribution in [2.75, 3.05) is 19.7 Å². The Morgan fingerprint density at radius 1 is 1.24 bits per heavy atom. The van der Waals surface area contributed by atoms with E-state index >= 15 is 0 Å². The molecule has 1 aliphatic rings. The van der Waals surface area contributed by atoms with Gasteiger partial charge in [0.15, 0.2) is 0 Å². The molecule has 0 aromatic carbocycles. The molecule has 1 rings (SSSR count). The predicted molar refractivity (Wildman–Crippen MR) is 71.2 cm³/mol. The fourth-order valence-electron chi connectivity index (χ4n) is 2.15. The van der Waals surface area contributed by atoms with E-state index in [1.165, 1.54) is 32.1 Å². The Kier molecular flexibility index (Phi) is 6.45. The van der Waals surface area contributed by atoms with Crippen molar-refractivity contribution < 1.29 is 9.84 Å². The van der Waals surface area contributed by atoms with Crippen molar-refractivity contribution in [1.82, 2.24) is 5.32 Å². The lowest BCUT2D eigenvalue weighted by Gasteiger charge is -2.24. The molecule has 102 valence electrons. The van der Waals surface area contributed by atoms with Gasteiger partial charge in [-0.3, -0.25) is 0 Å². The Morgan fingerprint density at radius 3 is 2.47 bits per heavy atom. The zero-order valence-corrected chi connectivity index (χ0v) is 11.7. The third-order valence-electron chi connectivity index (χ3n) is 3.11. The first-order chi connectivity index (χ1) is 7.97. The third-order valence-corrected chi connectivity index (χ3v) is 3.11. The van der Waals surface area contributed by atoms with Crippen LogP contribution in [0.4, 0.5) is 0 Å². The van der Waals surface area contributed by atoms with Crippen molar-refractivity contribution in [2.45, 2.75) is 65.1 Å². The van der Waals surface area contributed by atoms with Crippen molar-refractivity contribution in [3.05, 3.63) is 0 Å². The van der Waals surface area contributed by atoms with E-state index in [4.69, 9.17) is 4.74 Å². The Balaban J connectivity index is 2.02. The quantitative estimate of drug-likeness (QED) is 0.752. The summed E-state index contributed by atoms with van der Waals surface area (Å²) in [6.45, 7) is 8.58. The van der Waals surface area contributed by atoms with E-state index in [0.717, 1.165) is 6.54 Å². The Labute approximate surface area is 106 Å². The molecule has 0 radical (unpaired) electrons. The monoisotopic (exact) mass is 243 g/mol. The molecular weight excluding hydrogens is 214 g/mol. The van der Waals surface area contributed by atoms with Crippen molar-refractivity contribution in [1.29, 1.82) is 0 Å². The van der Waals surface area contributed by atoms with Crippen LogP contribution in [0, 0.1) is 5.41 Å². The van der Waals surface area contributed by atoms with Crippen molar-refractivity contribution in [3.8, 4) is 0 Å². The van der Waals surface area contributed by atoms with Gasteiger partial charge in [-0.1, -0.05) is 40.0 Å². The number of hydrogen-bond donors (Lipinski definition) is 2. The van der Waals surface area contributed by atoms with Gasteiger partial charge in [0.05, 0.1) is 18.8 Å². The maximum atomic E-state index is 9.79. The third kappa shape index (κ3) is 7.74. The summed E-state index contributed by atoms with van der Waals surface area (Å²) in [6.07, 6.45) is 6.26. The minimum atomic E-state index is -0.376. The highest BCUT2D eigenvalue weighted by Gasteiger charge is 2.16. The second kappa shape index (κ2) is 7.34. The molecule has 0 amide bonds. The minimum Gasteiger partial charge on any atom is -0.389 e. The highest BCUT2D eigenvalue weighted by Crippen LogP contribution is 2.20. The number of aliphatic hydroxyl groups excluding tert-OH is 1. The van der Waals surface area contributed by atoms with Gasteiger partial charge in [0.25, 0.3) is 0 Å². The predicted octanol–water partition coefficient (Wildman–Crippen LogP) is 2.33. The average molecular weight is 243 g/mol. The molecule has 2 N–H and O–H groups in total. The number of hydrogen-bond acceptors (Lipinski definition) is 3. The summed E-state index contributed by atoms with van der Waals surface area (Å²) >= 11 is 0. The molecule has 0 aromatic heterocycles. The maximum absolute atomic E-state index is 9.79. The summed E-state index contributed by atoms with van der Waals surface area (Å²) in [6, 6.07) is 0. The summed E-state index contributed by atoms with van der Waals surface area (Å²) in [7, 11) is 0. The van der Waals surface area contributed by atoms with Crippen LogP contribution < -0.4 is 5.32 Å². The lowest BCUT2D eigenvalue weighted by atomic mass is 9.97. The molecule has 3 nitrogen and oxygen atoms in total. The number of aliphatic hydroxyl groups is 1. The maximum Gasteiger partial charge on any atom is 0.0897 e. The molecule has 0 bridgehead atoms. The topological polar surface area (TPSA) is 41.5 Å². The van der Waals surface area contributed by atoms with Gasteiger partial charge >= 0.3 is 0 Å². The van der Waals surface area contributed by atoms with E-state index in [1.54, 1.807) is 0 Å². The summed E-state index contributed by atoms with van der Waals surface area (Å²) in [4.78, 5) is 0. The molecule has 0 spiro atoms. The fraction of sp³-hybridized carbons (Fsp3) is 1.00. The van der Waals surface area contributed by atoms with Crippen molar-refractivity contribution in [2.24, 2.45) is 5.41 Å². The molecular formula is C14H29NO2. The van der Waals surface area contributed by atoms with E-state index in [0.29, 0.717) is 19.3 Å². The molecule has 3 heteroatoms. The molecule has 0 aromatic rings. The van der Waals surface area contributed by atoms with Crippen LogP contribution in [0.2, 0.25) is 0 Å². The van der Waals surface area contributed by atoms with Crippen molar-refractivity contribution in [3.63, 3.8) is 0 Å². The zero-order chi connectivity index (χ0) is 12.7. The van der Waals surface area contributed by atoms with Crippen LogP contribution >= 0.6 is 0 Å². The smallest absolute Gasteiger partial charge is 0.0897 e. The molecule has 1 fully saturated rings. The van der Waals surface area contributed by atoms with Crippen LogP contribution in [0.15, 0.2) is 0 Å². The second-order valence-corrected chi connectivity index (χ2v) is 6.44. The first-order valence-electron chi connectivity index (χ1n) is 6.98. The van der Waals surface area contributed by atoms with Crippen LogP contribution in [0.3, 0.4) is 0 Å². The fourth-order valence-corrected chi connectivity index (χ4v) is 2.15. The molecule has 1 aliphatic carbocycles. The Bertz CT molecular complexity index is 195. The highest BCUT2D eigenvalue weighted by molar-refractivity contribution is 4.69. The van der Waals surface area contributed by atoms with Crippen LogP contribution in [-0.4, -0.2) is 37.0 Å². The molecule has 0 aliphatic heterocycles. The highest BCUT2D eigenvalue weighted by atomic mass is 16.5. The molecule has 1 saturated carbocycles. The van der Waals surface area contributed by atoms with Gasteiger partial charge in [-0.2, -0.15) is 0 Å². The molecule has 0 heterocycles. The normalized spacial score (nSPS) is 20.5. The average Bonchev–Trinajstić information content (AvgIpc) is 2.26. The van der Waals surface area contributed by atoms with E-state index in [1.807, 2.05) is 0 Å². The number of nitrogens with one attached hydrogen (secondary N) is 1. The molecule has 0 saturated heterocycles. The van der Waals surface area contributed by atoms with E-state index in [-0.39, 0.29) is 11.5 Å². The SMILES string of the molecule is CC(C)(C)CNCC(O)COC1CCCCC1. The molecule has 1 unspecified atom stereocenters. The molecule has 1 atom stereocenters. The van der Waals surface area contributed by atoms with Gasteiger partial charge in [0.2, 0.25) is 0 Å². The number of ether oxygens (including phenoxy) is 1. The minimum absolute atomic E-state index is 0.268. The standard InChI is InChI=1S/C14H29NO2/c1-14(2,3)11-15-9-12(16)10-17-13-7-5-4-6-8-13/h12-13,15-16H,4-11H2,1-3H3. The first-order valence-corrected chi connectivity index (χ1v) is 6.98. The van der Waals surface area contributed by atoms with Crippen LogP contribution in [0.1, 0.15) is 52.9 Å². The first kappa shape index (κ1) is 14.9. The van der Waals surface area contributed by atoms with Crippen LogP contribution in [-0.2, 0) is 4.74 Å². The van der Waals surface area contributed by atoms with E-state index in [2.05, 4.69) is 26.1 Å². The Hall–Kier alpha value is -0.120. The Morgan fingerprint density at radius 2 is 1.88 bits per heavy atom. The van der Waals surface area contributed by atoms with Gasteiger partial charge in [0, 0.05) is 13.1 Å². The summed E-state index contributed by atoms with van der Waals surface area (Å²) in [5, 5.41) is 13.1.